The van der Waals surface area contributed by atoms with Gasteiger partial charge < -0.3 is 23.4 Å². The van der Waals surface area contributed by atoms with E-state index in [0.717, 1.165) is 56.8 Å². The van der Waals surface area contributed by atoms with E-state index < -0.39 is 0 Å². The third kappa shape index (κ3) is 2.70. The summed E-state index contributed by atoms with van der Waals surface area (Å²) in [6.07, 6.45) is 0. The van der Waals surface area contributed by atoms with Crippen LogP contribution in [0.25, 0.3) is 22.6 Å². The Hall–Kier alpha value is -3.08. The van der Waals surface area contributed by atoms with Gasteiger partial charge in [-0.2, -0.15) is 0 Å². The van der Waals surface area contributed by atoms with Gasteiger partial charge in [0.05, 0.1) is 0 Å². The smallest absolute Gasteiger partial charge is 0.162 e. The van der Waals surface area contributed by atoms with E-state index in [1.807, 2.05) is 36.4 Å². The van der Waals surface area contributed by atoms with Crippen LogP contribution in [0.1, 0.15) is 11.1 Å². The van der Waals surface area contributed by atoms with Crippen LogP contribution in [0.2, 0.25) is 0 Å². The van der Waals surface area contributed by atoms with E-state index in [1.165, 1.54) is 0 Å². The molecule has 1 aromatic heterocycles. The quantitative estimate of drug-likeness (QED) is 0.655. The van der Waals surface area contributed by atoms with Crippen LogP contribution in [0.4, 0.5) is 0 Å². The highest BCUT2D eigenvalue weighted by molar-refractivity contribution is 5.74. The van der Waals surface area contributed by atoms with Crippen molar-refractivity contribution in [2.24, 2.45) is 0 Å². The maximum Gasteiger partial charge on any atom is 0.162 e. The fourth-order valence-corrected chi connectivity index (χ4v) is 3.52. The first kappa shape index (κ1) is 16.1. The summed E-state index contributed by atoms with van der Waals surface area (Å²) >= 11 is 0. The van der Waals surface area contributed by atoms with E-state index in [-0.39, 0.29) is 0 Å². The fourth-order valence-electron chi connectivity index (χ4n) is 3.52. The van der Waals surface area contributed by atoms with Crippen molar-refractivity contribution in [3.8, 4) is 45.6 Å². The third-order valence-electron chi connectivity index (χ3n) is 5.06. The number of hydrogen-bond donors (Lipinski definition) is 0. The molecule has 0 saturated carbocycles. The molecule has 5 heteroatoms. The first-order chi connectivity index (χ1) is 13.2. The first-order valence-electron chi connectivity index (χ1n) is 9.11. The van der Waals surface area contributed by atoms with E-state index in [9.17, 15) is 0 Å². The van der Waals surface area contributed by atoms with Crippen LogP contribution in [0.3, 0.4) is 0 Å². The average molecular weight is 364 g/mol. The lowest BCUT2D eigenvalue weighted by atomic mass is 10.0. The Morgan fingerprint density at radius 1 is 0.556 bits per heavy atom. The first-order valence-corrected chi connectivity index (χ1v) is 9.11. The molecule has 0 spiro atoms. The molecule has 0 amide bonds. The van der Waals surface area contributed by atoms with Gasteiger partial charge in [0.2, 0.25) is 0 Å². The monoisotopic (exact) mass is 364 g/mol. The van der Waals surface area contributed by atoms with E-state index in [0.29, 0.717) is 26.4 Å². The Kier molecular flexibility index (Phi) is 3.74. The Balaban J connectivity index is 1.57. The normalized spacial score (nSPS) is 14.9. The summed E-state index contributed by atoms with van der Waals surface area (Å²) < 4.78 is 29.0. The molecule has 0 radical (unpaired) electrons. The zero-order valence-corrected chi connectivity index (χ0v) is 15.3. The van der Waals surface area contributed by atoms with Gasteiger partial charge in [0.1, 0.15) is 37.9 Å². The van der Waals surface area contributed by atoms with Crippen LogP contribution >= 0.6 is 0 Å². The molecule has 3 aromatic rings. The van der Waals surface area contributed by atoms with Crippen LogP contribution < -0.4 is 18.9 Å². The van der Waals surface area contributed by atoms with E-state index in [1.54, 1.807) is 0 Å². The van der Waals surface area contributed by atoms with Gasteiger partial charge in [-0.05, 0) is 61.4 Å². The minimum Gasteiger partial charge on any atom is -0.486 e. The van der Waals surface area contributed by atoms with E-state index >= 15 is 0 Å². The van der Waals surface area contributed by atoms with E-state index in [4.69, 9.17) is 23.4 Å². The lowest BCUT2D eigenvalue weighted by Crippen LogP contribution is -2.15. The summed E-state index contributed by atoms with van der Waals surface area (Å²) in [4.78, 5) is 0. The fraction of sp³-hybridized carbons (Fsp3) is 0.273. The van der Waals surface area contributed by atoms with Gasteiger partial charge in [0.25, 0.3) is 0 Å². The molecule has 0 fully saturated rings. The predicted octanol–water partition coefficient (Wildman–Crippen LogP) is 4.77. The summed E-state index contributed by atoms with van der Waals surface area (Å²) in [5, 5.41) is 0. The molecule has 2 aliphatic rings. The van der Waals surface area contributed by atoms with Crippen LogP contribution in [0.5, 0.6) is 23.0 Å². The van der Waals surface area contributed by atoms with Gasteiger partial charge >= 0.3 is 0 Å². The zero-order valence-electron chi connectivity index (χ0n) is 15.3. The summed E-state index contributed by atoms with van der Waals surface area (Å²) in [7, 11) is 0. The highest BCUT2D eigenvalue weighted by Crippen LogP contribution is 2.42. The standard InChI is InChI=1S/C22H20O5/c1-13-14(2)22(16-4-6-18-20(12-16)26-10-8-24-18)27-21(13)15-3-5-17-19(11-15)25-9-7-23-17/h3-6,11-12H,7-10H2,1-2H3. The Morgan fingerprint density at radius 2 is 0.963 bits per heavy atom. The van der Waals surface area contributed by atoms with Gasteiger partial charge in [0, 0.05) is 11.1 Å². The molecule has 5 rings (SSSR count). The van der Waals surface area contributed by atoms with Crippen molar-refractivity contribution >= 4 is 0 Å². The second-order valence-electron chi connectivity index (χ2n) is 6.73. The lowest BCUT2D eigenvalue weighted by Gasteiger charge is -2.18. The Morgan fingerprint density at radius 3 is 1.41 bits per heavy atom. The second-order valence-corrected chi connectivity index (χ2v) is 6.73. The molecular weight excluding hydrogens is 344 g/mol. The van der Waals surface area contributed by atoms with Crippen molar-refractivity contribution in [2.75, 3.05) is 26.4 Å². The topological polar surface area (TPSA) is 50.1 Å². The molecule has 0 saturated heterocycles. The molecule has 0 aliphatic carbocycles. The minimum atomic E-state index is 0.565. The third-order valence-corrected chi connectivity index (χ3v) is 5.06. The summed E-state index contributed by atoms with van der Waals surface area (Å²) in [5.74, 6) is 4.75. The highest BCUT2D eigenvalue weighted by Gasteiger charge is 2.21. The van der Waals surface area contributed by atoms with Crippen molar-refractivity contribution in [1.82, 2.24) is 0 Å². The number of rotatable bonds is 2. The van der Waals surface area contributed by atoms with Crippen LogP contribution in [0, 0.1) is 13.8 Å². The van der Waals surface area contributed by atoms with Crippen molar-refractivity contribution in [3.05, 3.63) is 47.5 Å². The number of benzene rings is 2. The molecule has 0 atom stereocenters. The average Bonchev–Trinajstić information content (AvgIpc) is 3.02. The number of hydrogen-bond acceptors (Lipinski definition) is 5. The maximum absolute atomic E-state index is 6.31. The summed E-state index contributed by atoms with van der Waals surface area (Å²) in [6, 6.07) is 11.8. The zero-order chi connectivity index (χ0) is 18.4. The number of furan rings is 1. The SMILES string of the molecule is Cc1c(-c2ccc3c(c2)OCCO3)oc(-c2ccc3c(c2)OCCO3)c1C. The molecule has 2 aliphatic heterocycles. The molecule has 3 heterocycles. The van der Waals surface area contributed by atoms with Gasteiger partial charge in [0.15, 0.2) is 23.0 Å². The molecule has 0 unspecified atom stereocenters. The highest BCUT2D eigenvalue weighted by atomic mass is 16.6. The van der Waals surface area contributed by atoms with Crippen molar-refractivity contribution in [1.29, 1.82) is 0 Å². The molecule has 0 bridgehead atoms. The molecular formula is C22H20O5. The molecule has 138 valence electrons. The largest absolute Gasteiger partial charge is 0.486 e. The van der Waals surface area contributed by atoms with Gasteiger partial charge in [-0.15, -0.1) is 0 Å². The minimum absolute atomic E-state index is 0.565. The van der Waals surface area contributed by atoms with Crippen molar-refractivity contribution < 1.29 is 23.4 Å². The predicted molar refractivity (Wildman–Crippen MR) is 101 cm³/mol. The van der Waals surface area contributed by atoms with Crippen molar-refractivity contribution in [2.45, 2.75) is 13.8 Å². The molecule has 27 heavy (non-hydrogen) atoms. The Labute approximate surface area is 157 Å². The Bertz CT molecular complexity index is 938. The van der Waals surface area contributed by atoms with Gasteiger partial charge in [-0.25, -0.2) is 0 Å². The van der Waals surface area contributed by atoms with Crippen LogP contribution in [-0.4, -0.2) is 26.4 Å². The van der Waals surface area contributed by atoms with Crippen molar-refractivity contribution in [3.63, 3.8) is 0 Å². The van der Waals surface area contributed by atoms with Crippen LogP contribution in [-0.2, 0) is 0 Å². The summed E-state index contributed by atoms with van der Waals surface area (Å²) in [5.41, 5.74) is 4.17. The van der Waals surface area contributed by atoms with Gasteiger partial charge in [-0.3, -0.25) is 0 Å². The number of ether oxygens (including phenoxy) is 4. The summed E-state index contributed by atoms with van der Waals surface area (Å²) in [6.45, 7) is 6.45. The number of fused-ring (bicyclic) bond motifs is 2. The molecule has 2 aromatic carbocycles. The molecule has 0 N–H and O–H groups in total. The maximum atomic E-state index is 6.31. The molecule has 5 nitrogen and oxygen atoms in total. The lowest BCUT2D eigenvalue weighted by molar-refractivity contribution is 0.171. The van der Waals surface area contributed by atoms with Crippen LogP contribution in [0.15, 0.2) is 40.8 Å². The van der Waals surface area contributed by atoms with Gasteiger partial charge in [-0.1, -0.05) is 0 Å². The van der Waals surface area contributed by atoms with E-state index in [2.05, 4.69) is 13.8 Å². The second kappa shape index (κ2) is 6.27.